The lowest BCUT2D eigenvalue weighted by atomic mass is 10.1. The molecule has 2 saturated carbocycles. The molecule has 24 heavy (non-hydrogen) atoms. The molecule has 8 heteroatoms. The second kappa shape index (κ2) is 6.30. The summed E-state index contributed by atoms with van der Waals surface area (Å²) in [6.07, 6.45) is 4.71. The summed E-state index contributed by atoms with van der Waals surface area (Å²) in [5, 5.41) is 21.3. The van der Waals surface area contributed by atoms with Gasteiger partial charge in [-0.25, -0.2) is 4.98 Å². The Kier molecular flexibility index (Phi) is 4.14. The highest BCUT2D eigenvalue weighted by Crippen LogP contribution is 2.46. The van der Waals surface area contributed by atoms with Crippen LogP contribution in [0.2, 0.25) is 0 Å². The highest BCUT2D eigenvalue weighted by molar-refractivity contribution is 7.99. The number of carbonyl (C=O) groups excluding carboxylic acids is 1. The molecular formula is C16H17N5OS2. The number of thiazole rings is 1. The maximum absolute atomic E-state index is 12.5. The molecule has 2 aromatic heterocycles. The van der Waals surface area contributed by atoms with Gasteiger partial charge in [0.15, 0.2) is 16.9 Å². The van der Waals surface area contributed by atoms with Gasteiger partial charge in [-0.15, -0.1) is 21.5 Å². The summed E-state index contributed by atoms with van der Waals surface area (Å²) >= 11 is 2.77. The van der Waals surface area contributed by atoms with Gasteiger partial charge in [0.1, 0.15) is 10.8 Å². The summed E-state index contributed by atoms with van der Waals surface area (Å²) in [5.41, 5.74) is 0.846. The number of carbonyl (C=O) groups is 1. The van der Waals surface area contributed by atoms with Crippen molar-refractivity contribution in [2.45, 2.75) is 55.6 Å². The maximum Gasteiger partial charge on any atom is 0.191 e. The molecule has 0 amide bonds. The third kappa shape index (κ3) is 3.10. The molecule has 0 bridgehead atoms. The number of rotatable bonds is 7. The third-order valence-electron chi connectivity index (χ3n) is 4.22. The van der Waals surface area contributed by atoms with E-state index in [0.29, 0.717) is 17.0 Å². The van der Waals surface area contributed by atoms with Gasteiger partial charge in [0.25, 0.3) is 0 Å². The van der Waals surface area contributed by atoms with Gasteiger partial charge in [-0.3, -0.25) is 4.79 Å². The Morgan fingerprint density at radius 1 is 1.46 bits per heavy atom. The van der Waals surface area contributed by atoms with E-state index in [9.17, 15) is 10.1 Å². The first-order chi connectivity index (χ1) is 11.7. The Hall–Kier alpha value is -1.72. The number of aromatic nitrogens is 4. The maximum atomic E-state index is 12.5. The number of hydrogen-bond acceptors (Lipinski definition) is 7. The second-order valence-corrected chi connectivity index (χ2v) is 8.19. The number of ketones is 1. The summed E-state index contributed by atoms with van der Waals surface area (Å²) in [7, 11) is 0. The molecule has 6 nitrogen and oxygen atoms in total. The summed E-state index contributed by atoms with van der Waals surface area (Å²) < 4.78 is 2.23. The topological polar surface area (TPSA) is 84.5 Å². The van der Waals surface area contributed by atoms with E-state index in [1.165, 1.54) is 48.8 Å². The number of aryl methyl sites for hydroxylation is 1. The van der Waals surface area contributed by atoms with Gasteiger partial charge in [-0.1, -0.05) is 11.8 Å². The van der Waals surface area contributed by atoms with Crippen LogP contribution in [-0.4, -0.2) is 31.3 Å². The molecule has 2 fully saturated rings. The molecule has 0 saturated heterocycles. The van der Waals surface area contributed by atoms with Crippen molar-refractivity contribution in [3.8, 4) is 6.07 Å². The molecule has 0 N–H and O–H groups in total. The molecule has 2 aromatic rings. The summed E-state index contributed by atoms with van der Waals surface area (Å²) in [6, 6.07) is 2.59. The number of thioether (sulfide) groups is 1. The molecule has 1 atom stereocenters. The fourth-order valence-electron chi connectivity index (χ4n) is 2.67. The smallest absolute Gasteiger partial charge is 0.191 e. The Morgan fingerprint density at radius 3 is 2.83 bits per heavy atom. The Balaban J connectivity index is 1.46. The molecule has 124 valence electrons. The van der Waals surface area contributed by atoms with Gasteiger partial charge in [0.2, 0.25) is 0 Å². The first-order valence-corrected chi connectivity index (χ1v) is 9.96. The van der Waals surface area contributed by atoms with Crippen LogP contribution < -0.4 is 0 Å². The van der Waals surface area contributed by atoms with Gasteiger partial charge in [-0.05, 0) is 32.6 Å². The fraction of sp³-hybridized carbons (Fsp3) is 0.562. The SMILES string of the molecule is Cc1csc([C@H](C#N)C(=O)CSc2nnc(C3CC3)n2C2CC2)n1. The van der Waals surface area contributed by atoms with E-state index >= 15 is 0 Å². The first-order valence-electron chi connectivity index (χ1n) is 8.09. The van der Waals surface area contributed by atoms with Crippen molar-refractivity contribution in [3.05, 3.63) is 21.9 Å². The van der Waals surface area contributed by atoms with Crippen molar-refractivity contribution in [1.82, 2.24) is 19.7 Å². The standard InChI is InChI=1S/C16H17N5OS2/c1-9-7-23-15(18-9)12(6-17)13(22)8-24-16-20-19-14(10-2-3-10)21(16)11-4-5-11/h7,10-12H,2-5,8H2,1H3/t12-/m1/s1. The summed E-state index contributed by atoms with van der Waals surface area (Å²) in [5.74, 6) is 0.964. The molecule has 2 aliphatic carbocycles. The van der Waals surface area contributed by atoms with Gasteiger partial charge >= 0.3 is 0 Å². The van der Waals surface area contributed by atoms with Crippen LogP contribution in [0.15, 0.2) is 10.5 Å². The minimum atomic E-state index is -0.781. The zero-order valence-corrected chi connectivity index (χ0v) is 14.9. The normalized spacial score (nSPS) is 18.3. The highest BCUT2D eigenvalue weighted by atomic mass is 32.2. The minimum absolute atomic E-state index is 0.116. The van der Waals surface area contributed by atoms with Gasteiger partial charge in [-0.2, -0.15) is 5.26 Å². The Labute approximate surface area is 148 Å². The Morgan fingerprint density at radius 2 is 2.25 bits per heavy atom. The van der Waals surface area contributed by atoms with Crippen LogP contribution in [0.5, 0.6) is 0 Å². The van der Waals surface area contributed by atoms with Gasteiger partial charge < -0.3 is 4.57 Å². The first kappa shape index (κ1) is 15.8. The van der Waals surface area contributed by atoms with Gasteiger partial charge in [0, 0.05) is 23.0 Å². The predicted octanol–water partition coefficient (Wildman–Crippen LogP) is 3.22. The van der Waals surface area contributed by atoms with E-state index in [2.05, 4.69) is 25.8 Å². The van der Waals surface area contributed by atoms with E-state index in [1.807, 2.05) is 12.3 Å². The van der Waals surface area contributed by atoms with Crippen molar-refractivity contribution >= 4 is 28.9 Å². The lowest BCUT2D eigenvalue weighted by molar-refractivity contribution is -0.116. The largest absolute Gasteiger partial charge is 0.303 e. The molecule has 0 radical (unpaired) electrons. The van der Waals surface area contributed by atoms with Crippen molar-refractivity contribution in [3.63, 3.8) is 0 Å². The quantitative estimate of drug-likeness (QED) is 0.706. The van der Waals surface area contributed by atoms with E-state index in [1.54, 1.807) is 0 Å². The van der Waals surface area contributed by atoms with E-state index < -0.39 is 5.92 Å². The predicted molar refractivity (Wildman–Crippen MR) is 91.2 cm³/mol. The van der Waals surface area contributed by atoms with Crippen LogP contribution in [0.3, 0.4) is 0 Å². The zero-order valence-electron chi connectivity index (χ0n) is 13.3. The van der Waals surface area contributed by atoms with E-state index in [4.69, 9.17) is 0 Å². The highest BCUT2D eigenvalue weighted by Gasteiger charge is 2.36. The van der Waals surface area contributed by atoms with Crippen molar-refractivity contribution in [1.29, 1.82) is 5.26 Å². The van der Waals surface area contributed by atoms with Gasteiger partial charge in [0.05, 0.1) is 11.8 Å². The second-order valence-electron chi connectivity index (χ2n) is 6.36. The minimum Gasteiger partial charge on any atom is -0.303 e. The van der Waals surface area contributed by atoms with Crippen LogP contribution in [0, 0.1) is 18.3 Å². The molecule has 0 spiro atoms. The van der Waals surface area contributed by atoms with Crippen LogP contribution in [0.4, 0.5) is 0 Å². The third-order valence-corrected chi connectivity index (χ3v) is 6.22. The van der Waals surface area contributed by atoms with E-state index in [0.717, 1.165) is 16.7 Å². The summed E-state index contributed by atoms with van der Waals surface area (Å²) in [6.45, 7) is 1.87. The number of hydrogen-bond donors (Lipinski definition) is 0. The number of nitriles is 1. The van der Waals surface area contributed by atoms with Crippen molar-refractivity contribution in [2.75, 3.05) is 5.75 Å². The molecular weight excluding hydrogens is 342 g/mol. The molecule has 0 aliphatic heterocycles. The molecule has 0 aromatic carbocycles. The lowest BCUT2D eigenvalue weighted by Crippen LogP contribution is -2.14. The number of nitrogens with zero attached hydrogens (tertiary/aromatic N) is 5. The monoisotopic (exact) mass is 359 g/mol. The van der Waals surface area contributed by atoms with Crippen molar-refractivity contribution < 1.29 is 4.79 Å². The van der Waals surface area contributed by atoms with Crippen LogP contribution in [0.1, 0.15) is 60.1 Å². The van der Waals surface area contributed by atoms with Crippen LogP contribution in [-0.2, 0) is 4.79 Å². The Bertz CT molecular complexity index is 813. The molecule has 0 unspecified atom stereocenters. The average molecular weight is 359 g/mol. The van der Waals surface area contributed by atoms with Crippen LogP contribution in [0.25, 0.3) is 0 Å². The van der Waals surface area contributed by atoms with Crippen molar-refractivity contribution in [2.24, 2.45) is 0 Å². The zero-order chi connectivity index (χ0) is 16.7. The molecule has 2 aliphatic rings. The summed E-state index contributed by atoms with van der Waals surface area (Å²) in [4.78, 5) is 16.8. The molecule has 4 rings (SSSR count). The number of Topliss-reactive ketones (excluding diaryl/α,β-unsaturated/α-hetero) is 1. The van der Waals surface area contributed by atoms with Crippen LogP contribution >= 0.6 is 23.1 Å². The fourth-order valence-corrected chi connectivity index (χ4v) is 4.45. The average Bonchev–Trinajstić information content (AvgIpc) is 3.50. The van der Waals surface area contributed by atoms with E-state index in [-0.39, 0.29) is 11.5 Å². The molecule has 2 heterocycles. The lowest BCUT2D eigenvalue weighted by Gasteiger charge is -2.08.